The number of carbonyl (C=O) groups excluding carboxylic acids is 1. The molecule has 2 N–H and O–H groups in total. The van der Waals surface area contributed by atoms with Crippen LogP contribution in [0, 0.1) is 11.7 Å². The summed E-state index contributed by atoms with van der Waals surface area (Å²) >= 11 is 5.36. The van der Waals surface area contributed by atoms with Crippen LogP contribution in [0.4, 0.5) is 0 Å². The fourth-order valence-electron chi connectivity index (χ4n) is 4.23. The van der Waals surface area contributed by atoms with Crippen molar-refractivity contribution in [3.05, 3.63) is 64.4 Å². The van der Waals surface area contributed by atoms with Crippen molar-refractivity contribution in [3.8, 4) is 17.1 Å². The Morgan fingerprint density at radius 2 is 2.06 bits per heavy atom. The third-order valence-corrected chi connectivity index (χ3v) is 6.56. The van der Waals surface area contributed by atoms with E-state index in [1.807, 2.05) is 55.5 Å². The van der Waals surface area contributed by atoms with Crippen molar-refractivity contribution in [1.82, 2.24) is 25.0 Å². The lowest BCUT2D eigenvalue weighted by atomic mass is 10.1. The third kappa shape index (κ3) is 7.00. The number of ether oxygens (including phenoxy) is 2. The van der Waals surface area contributed by atoms with Gasteiger partial charge in [0, 0.05) is 37.9 Å². The number of aromatic amines is 1. The van der Waals surface area contributed by atoms with Crippen molar-refractivity contribution < 1.29 is 14.3 Å². The summed E-state index contributed by atoms with van der Waals surface area (Å²) in [5.41, 5.74) is 3.01. The van der Waals surface area contributed by atoms with Crippen LogP contribution in [0.5, 0.6) is 5.75 Å². The quantitative estimate of drug-likeness (QED) is 0.417. The van der Waals surface area contributed by atoms with E-state index in [4.69, 9.17) is 21.7 Å². The number of amides is 1. The second-order valence-electron chi connectivity index (χ2n) is 8.90. The lowest BCUT2D eigenvalue weighted by Crippen LogP contribution is -2.38. The number of likely N-dealkylation sites (N-methyl/N-ethyl adjacent to an activating group) is 1. The van der Waals surface area contributed by atoms with Crippen LogP contribution in [-0.4, -0.2) is 65.0 Å². The fourth-order valence-corrected chi connectivity index (χ4v) is 4.43. The van der Waals surface area contributed by atoms with Gasteiger partial charge < -0.3 is 14.8 Å². The second kappa shape index (κ2) is 12.1. The highest BCUT2D eigenvalue weighted by atomic mass is 32.1. The molecule has 1 saturated heterocycles. The summed E-state index contributed by atoms with van der Waals surface area (Å²) in [6.45, 7) is 5.66. The Balaban J connectivity index is 1.28. The molecule has 1 fully saturated rings. The van der Waals surface area contributed by atoms with Gasteiger partial charge in [0.25, 0.3) is 0 Å². The lowest BCUT2D eigenvalue weighted by Gasteiger charge is -2.31. The summed E-state index contributed by atoms with van der Waals surface area (Å²) in [5, 5.41) is 10.1. The molecular formula is C26H33N5O3S. The Labute approximate surface area is 211 Å². The van der Waals surface area contributed by atoms with Crippen molar-refractivity contribution in [3.63, 3.8) is 0 Å². The van der Waals surface area contributed by atoms with Gasteiger partial charge in [0.1, 0.15) is 18.9 Å². The zero-order chi connectivity index (χ0) is 24.6. The van der Waals surface area contributed by atoms with E-state index in [0.29, 0.717) is 29.8 Å². The van der Waals surface area contributed by atoms with Gasteiger partial charge in [0.15, 0.2) is 10.6 Å². The van der Waals surface area contributed by atoms with E-state index in [2.05, 4.69) is 27.5 Å². The summed E-state index contributed by atoms with van der Waals surface area (Å²) in [6.07, 6.45) is 2.14. The van der Waals surface area contributed by atoms with Gasteiger partial charge in [-0.3, -0.25) is 19.4 Å². The molecule has 0 unspecified atom stereocenters. The van der Waals surface area contributed by atoms with Crippen LogP contribution in [-0.2, 0) is 22.6 Å². The molecule has 186 valence electrons. The maximum atomic E-state index is 12.7. The zero-order valence-electron chi connectivity index (χ0n) is 20.3. The molecule has 1 aromatic heterocycles. The van der Waals surface area contributed by atoms with Crippen molar-refractivity contribution in [2.45, 2.75) is 38.9 Å². The number of hydrogen-bond donors (Lipinski definition) is 2. The van der Waals surface area contributed by atoms with E-state index < -0.39 is 0 Å². The second-order valence-corrected chi connectivity index (χ2v) is 9.29. The molecule has 0 spiro atoms. The van der Waals surface area contributed by atoms with Crippen molar-refractivity contribution in [2.75, 3.05) is 33.4 Å². The molecule has 1 aliphatic heterocycles. The van der Waals surface area contributed by atoms with Crippen LogP contribution in [0.1, 0.15) is 24.0 Å². The van der Waals surface area contributed by atoms with E-state index in [0.717, 1.165) is 55.0 Å². The van der Waals surface area contributed by atoms with E-state index in [9.17, 15) is 4.79 Å². The van der Waals surface area contributed by atoms with Crippen LogP contribution >= 0.6 is 12.2 Å². The molecular weight excluding hydrogens is 462 g/mol. The number of rotatable bonds is 10. The number of carbonyl (C=O) groups is 1. The predicted molar refractivity (Wildman–Crippen MR) is 138 cm³/mol. The van der Waals surface area contributed by atoms with Crippen molar-refractivity contribution in [2.24, 2.45) is 0 Å². The average Bonchev–Trinajstić information content (AvgIpc) is 3.23. The van der Waals surface area contributed by atoms with Gasteiger partial charge in [-0.2, -0.15) is 5.10 Å². The summed E-state index contributed by atoms with van der Waals surface area (Å²) in [4.78, 5) is 15.0. The van der Waals surface area contributed by atoms with Crippen LogP contribution < -0.4 is 10.1 Å². The van der Waals surface area contributed by atoms with Gasteiger partial charge in [-0.1, -0.05) is 35.9 Å². The number of H-pyrrole nitrogens is 1. The normalized spacial score (nSPS) is 14.3. The fraction of sp³-hybridized carbons (Fsp3) is 0.423. The molecule has 2 aromatic carbocycles. The maximum Gasteiger partial charge on any atom is 0.240 e. The Bertz CT molecular complexity index is 1190. The molecule has 9 heteroatoms. The molecule has 0 saturated carbocycles. The molecule has 1 aliphatic rings. The molecule has 0 radical (unpaired) electrons. The molecule has 0 aliphatic carbocycles. The minimum Gasteiger partial charge on any atom is -0.492 e. The smallest absolute Gasteiger partial charge is 0.240 e. The number of aromatic nitrogens is 3. The Hall–Kier alpha value is -3.01. The SMILES string of the molecule is Cc1cccc(-c2n[nH]c(=S)n2CC(=O)NCc2cccc(OCCN(C)C3CCOCC3)c2)c1. The van der Waals surface area contributed by atoms with E-state index in [1.165, 1.54) is 0 Å². The molecule has 0 atom stereocenters. The minimum absolute atomic E-state index is 0.0906. The monoisotopic (exact) mass is 495 g/mol. The Morgan fingerprint density at radius 1 is 1.26 bits per heavy atom. The van der Waals surface area contributed by atoms with Gasteiger partial charge in [0.05, 0.1) is 0 Å². The number of aryl methyl sites for hydroxylation is 1. The zero-order valence-corrected chi connectivity index (χ0v) is 21.1. The first-order valence-corrected chi connectivity index (χ1v) is 12.4. The minimum atomic E-state index is -0.138. The molecule has 4 rings (SSSR count). The number of nitrogens with zero attached hydrogens (tertiary/aromatic N) is 3. The number of benzene rings is 2. The highest BCUT2D eigenvalue weighted by Gasteiger charge is 2.18. The van der Waals surface area contributed by atoms with E-state index in [1.54, 1.807) is 4.57 Å². The number of nitrogens with one attached hydrogen (secondary N) is 2. The molecule has 35 heavy (non-hydrogen) atoms. The summed E-state index contributed by atoms with van der Waals surface area (Å²) < 4.78 is 13.5. The Morgan fingerprint density at radius 3 is 2.86 bits per heavy atom. The molecule has 3 aromatic rings. The first-order valence-electron chi connectivity index (χ1n) is 12.0. The topological polar surface area (TPSA) is 84.4 Å². The van der Waals surface area contributed by atoms with Gasteiger partial charge >= 0.3 is 0 Å². The number of hydrogen-bond acceptors (Lipinski definition) is 6. The largest absolute Gasteiger partial charge is 0.492 e. The summed E-state index contributed by atoms with van der Waals surface area (Å²) in [7, 11) is 2.14. The van der Waals surface area contributed by atoms with E-state index in [-0.39, 0.29) is 12.5 Å². The Kier molecular flexibility index (Phi) is 8.68. The van der Waals surface area contributed by atoms with Crippen LogP contribution in [0.3, 0.4) is 0 Å². The molecule has 8 nitrogen and oxygen atoms in total. The van der Waals surface area contributed by atoms with Crippen LogP contribution in [0.25, 0.3) is 11.4 Å². The third-order valence-electron chi connectivity index (χ3n) is 6.25. The summed E-state index contributed by atoms with van der Waals surface area (Å²) in [5.74, 6) is 1.31. The van der Waals surface area contributed by atoms with Gasteiger partial charge in [-0.25, -0.2) is 0 Å². The average molecular weight is 496 g/mol. The molecule has 2 heterocycles. The van der Waals surface area contributed by atoms with Crippen molar-refractivity contribution >= 4 is 18.1 Å². The maximum absolute atomic E-state index is 12.7. The molecule has 0 bridgehead atoms. The van der Waals surface area contributed by atoms with Gasteiger partial charge in [0.2, 0.25) is 5.91 Å². The highest BCUT2D eigenvalue weighted by molar-refractivity contribution is 7.71. The molecule has 1 amide bonds. The predicted octanol–water partition coefficient (Wildman–Crippen LogP) is 3.72. The first kappa shape index (κ1) is 25.1. The highest BCUT2D eigenvalue weighted by Crippen LogP contribution is 2.19. The van der Waals surface area contributed by atoms with E-state index >= 15 is 0 Å². The van der Waals surface area contributed by atoms with Crippen LogP contribution in [0.2, 0.25) is 0 Å². The van der Waals surface area contributed by atoms with Crippen LogP contribution in [0.15, 0.2) is 48.5 Å². The summed E-state index contributed by atoms with van der Waals surface area (Å²) in [6, 6.07) is 16.4. The van der Waals surface area contributed by atoms with Gasteiger partial charge in [-0.15, -0.1) is 0 Å². The lowest BCUT2D eigenvalue weighted by molar-refractivity contribution is -0.121. The standard InChI is InChI=1S/C26H33N5O3S/c1-19-5-3-7-21(15-19)25-28-29-26(35)31(25)18-24(32)27-17-20-6-4-8-23(16-20)34-14-11-30(2)22-9-12-33-13-10-22/h3-8,15-16,22H,9-14,17-18H2,1-2H3,(H,27,32)(H,29,35). The van der Waals surface area contributed by atoms with Gasteiger partial charge in [-0.05, 0) is 62.8 Å². The first-order chi connectivity index (χ1) is 17.0. The van der Waals surface area contributed by atoms with Crippen molar-refractivity contribution in [1.29, 1.82) is 0 Å².